The minimum absolute atomic E-state index is 0.0688. The van der Waals surface area contributed by atoms with Gasteiger partial charge in [-0.15, -0.1) is 10.2 Å². The maximum atomic E-state index is 12.1. The summed E-state index contributed by atoms with van der Waals surface area (Å²) in [7, 11) is 0. The van der Waals surface area contributed by atoms with Gasteiger partial charge in [0.1, 0.15) is 18.2 Å². The highest BCUT2D eigenvalue weighted by Gasteiger charge is 2.08. The molecule has 3 aromatic rings. The molecule has 3 N–H and O–H groups in total. The molecule has 150 valence electrons. The minimum Gasteiger partial charge on any atom is -0.367 e. The van der Waals surface area contributed by atoms with Gasteiger partial charge in [-0.25, -0.2) is 9.97 Å². The molecule has 0 spiro atoms. The van der Waals surface area contributed by atoms with Gasteiger partial charge in [-0.3, -0.25) is 14.2 Å². The van der Waals surface area contributed by atoms with E-state index in [1.807, 2.05) is 18.2 Å². The van der Waals surface area contributed by atoms with Crippen LogP contribution in [-0.4, -0.2) is 43.7 Å². The molecule has 3 rings (SSSR count). The van der Waals surface area contributed by atoms with E-state index in [0.29, 0.717) is 41.8 Å². The third kappa shape index (κ3) is 5.58. The van der Waals surface area contributed by atoms with Crippen LogP contribution in [0.2, 0.25) is 0 Å². The molecule has 0 aliphatic rings. The zero-order chi connectivity index (χ0) is 20.6. The Labute approximate surface area is 167 Å². The summed E-state index contributed by atoms with van der Waals surface area (Å²) in [6.45, 7) is 4.23. The van der Waals surface area contributed by atoms with Crippen molar-refractivity contribution in [2.45, 2.75) is 20.4 Å². The first-order valence-electron chi connectivity index (χ1n) is 9.08. The van der Waals surface area contributed by atoms with Crippen LogP contribution in [0.15, 0.2) is 47.7 Å². The molecule has 29 heavy (non-hydrogen) atoms. The first kappa shape index (κ1) is 19.9. The van der Waals surface area contributed by atoms with Crippen LogP contribution in [0.5, 0.6) is 0 Å². The van der Waals surface area contributed by atoms with Crippen molar-refractivity contribution >= 4 is 23.4 Å². The molecule has 0 aliphatic carbocycles. The summed E-state index contributed by atoms with van der Waals surface area (Å²) >= 11 is 0. The first-order valence-corrected chi connectivity index (χ1v) is 9.08. The predicted molar refractivity (Wildman–Crippen MR) is 109 cm³/mol. The summed E-state index contributed by atoms with van der Waals surface area (Å²) in [6.07, 6.45) is 3.07. The second-order valence-corrected chi connectivity index (χ2v) is 6.31. The normalized spacial score (nSPS) is 10.4. The average Bonchev–Trinajstić information content (AvgIpc) is 2.73. The van der Waals surface area contributed by atoms with Crippen molar-refractivity contribution in [3.63, 3.8) is 0 Å². The van der Waals surface area contributed by atoms with Crippen LogP contribution in [-0.2, 0) is 11.3 Å². The second-order valence-electron chi connectivity index (χ2n) is 6.31. The van der Waals surface area contributed by atoms with Crippen LogP contribution in [0, 0.1) is 13.8 Å². The number of carbonyl (C=O) groups is 1. The third-order valence-electron chi connectivity index (χ3n) is 4.17. The third-order valence-corrected chi connectivity index (χ3v) is 4.17. The van der Waals surface area contributed by atoms with E-state index in [-0.39, 0.29) is 18.0 Å². The molecule has 3 heterocycles. The second kappa shape index (κ2) is 9.40. The number of aromatic nitrogens is 5. The lowest BCUT2D eigenvalue weighted by molar-refractivity contribution is -0.121. The van der Waals surface area contributed by atoms with E-state index in [2.05, 4.69) is 36.1 Å². The van der Waals surface area contributed by atoms with Crippen molar-refractivity contribution in [2.75, 3.05) is 23.7 Å². The van der Waals surface area contributed by atoms with Gasteiger partial charge in [-0.2, -0.15) is 0 Å². The van der Waals surface area contributed by atoms with Gasteiger partial charge in [0, 0.05) is 30.5 Å². The topological polar surface area (TPSA) is 127 Å². The SMILES string of the molecule is Cc1ncn(CC(=O)NCCNc2ccc(Nc3ccccn3)nn2)c(=O)c1C. The number of amides is 1. The number of hydrogen-bond acceptors (Lipinski definition) is 8. The lowest BCUT2D eigenvalue weighted by atomic mass is 10.3. The monoisotopic (exact) mass is 394 g/mol. The summed E-state index contributed by atoms with van der Waals surface area (Å²) < 4.78 is 1.30. The fourth-order valence-corrected chi connectivity index (χ4v) is 2.45. The summed E-state index contributed by atoms with van der Waals surface area (Å²) in [6, 6.07) is 9.10. The van der Waals surface area contributed by atoms with Crippen molar-refractivity contribution in [1.82, 2.24) is 30.0 Å². The van der Waals surface area contributed by atoms with Crippen LogP contribution in [0.1, 0.15) is 11.3 Å². The Bertz CT molecular complexity index is 1020. The van der Waals surface area contributed by atoms with Crippen molar-refractivity contribution in [3.8, 4) is 0 Å². The maximum absolute atomic E-state index is 12.1. The molecule has 0 radical (unpaired) electrons. The fraction of sp³-hybridized carbons (Fsp3) is 0.263. The summed E-state index contributed by atoms with van der Waals surface area (Å²) in [5.41, 5.74) is 1.00. The van der Waals surface area contributed by atoms with Gasteiger partial charge in [0.25, 0.3) is 5.56 Å². The standard InChI is InChI=1S/C19H22N8O2/c1-13-14(2)23-12-27(19(13)29)11-18(28)22-10-9-21-16-6-7-17(26-25-16)24-15-5-3-4-8-20-15/h3-8,12H,9-11H2,1-2H3,(H,21,25)(H,22,28)(H,20,24,26). The minimum atomic E-state index is -0.264. The molecule has 10 nitrogen and oxygen atoms in total. The number of hydrogen-bond donors (Lipinski definition) is 3. The Balaban J connectivity index is 1.41. The van der Waals surface area contributed by atoms with E-state index in [9.17, 15) is 9.59 Å². The number of nitrogens with zero attached hydrogens (tertiary/aromatic N) is 5. The molecule has 10 heteroatoms. The molecule has 0 saturated carbocycles. The predicted octanol–water partition coefficient (Wildman–Crippen LogP) is 1.02. The molecular formula is C19H22N8O2. The van der Waals surface area contributed by atoms with E-state index in [1.54, 1.807) is 32.2 Å². The van der Waals surface area contributed by atoms with Gasteiger partial charge in [0.15, 0.2) is 5.82 Å². The maximum Gasteiger partial charge on any atom is 0.256 e. The molecule has 0 fully saturated rings. The van der Waals surface area contributed by atoms with Crippen LogP contribution in [0.3, 0.4) is 0 Å². The van der Waals surface area contributed by atoms with E-state index in [0.717, 1.165) is 0 Å². The summed E-state index contributed by atoms with van der Waals surface area (Å²) in [4.78, 5) is 32.4. The molecule has 0 aliphatic heterocycles. The van der Waals surface area contributed by atoms with E-state index in [4.69, 9.17) is 0 Å². The Morgan fingerprint density at radius 3 is 2.52 bits per heavy atom. The lowest BCUT2D eigenvalue weighted by Crippen LogP contribution is -2.35. The highest BCUT2D eigenvalue weighted by Crippen LogP contribution is 2.11. The fourth-order valence-electron chi connectivity index (χ4n) is 2.45. The number of nitrogens with one attached hydrogen (secondary N) is 3. The molecule has 3 aromatic heterocycles. The van der Waals surface area contributed by atoms with Crippen LogP contribution >= 0.6 is 0 Å². The van der Waals surface area contributed by atoms with Gasteiger partial charge in [0.05, 0.1) is 6.33 Å². The summed E-state index contributed by atoms with van der Waals surface area (Å²) in [5.74, 6) is 1.58. The van der Waals surface area contributed by atoms with Crippen LogP contribution in [0.4, 0.5) is 17.5 Å². The van der Waals surface area contributed by atoms with E-state index in [1.165, 1.54) is 10.9 Å². The molecule has 0 atom stereocenters. The molecule has 0 aromatic carbocycles. The summed E-state index contributed by atoms with van der Waals surface area (Å²) in [5, 5.41) is 17.0. The van der Waals surface area contributed by atoms with Gasteiger partial charge >= 0.3 is 0 Å². The molecule has 1 amide bonds. The number of aryl methyl sites for hydroxylation is 1. The lowest BCUT2D eigenvalue weighted by Gasteiger charge is -2.10. The Morgan fingerprint density at radius 2 is 1.79 bits per heavy atom. The largest absolute Gasteiger partial charge is 0.367 e. The van der Waals surface area contributed by atoms with Crippen molar-refractivity contribution in [3.05, 3.63) is 64.5 Å². The Kier molecular flexibility index (Phi) is 6.46. The molecule has 0 saturated heterocycles. The number of rotatable bonds is 8. The molecule has 0 unspecified atom stereocenters. The number of anilines is 3. The van der Waals surface area contributed by atoms with Gasteiger partial charge in [-0.1, -0.05) is 6.07 Å². The highest BCUT2D eigenvalue weighted by molar-refractivity contribution is 5.75. The first-order chi connectivity index (χ1) is 14.0. The van der Waals surface area contributed by atoms with Crippen LogP contribution in [0.25, 0.3) is 0 Å². The van der Waals surface area contributed by atoms with Gasteiger partial charge in [0.2, 0.25) is 5.91 Å². The zero-order valence-corrected chi connectivity index (χ0v) is 16.2. The van der Waals surface area contributed by atoms with Crippen molar-refractivity contribution < 1.29 is 4.79 Å². The van der Waals surface area contributed by atoms with E-state index < -0.39 is 0 Å². The highest BCUT2D eigenvalue weighted by atomic mass is 16.2. The smallest absolute Gasteiger partial charge is 0.256 e. The molecule has 0 bridgehead atoms. The van der Waals surface area contributed by atoms with Crippen molar-refractivity contribution in [2.24, 2.45) is 0 Å². The van der Waals surface area contributed by atoms with Crippen molar-refractivity contribution in [1.29, 1.82) is 0 Å². The van der Waals surface area contributed by atoms with Crippen LogP contribution < -0.4 is 21.5 Å². The number of pyridine rings is 1. The molecular weight excluding hydrogens is 372 g/mol. The average molecular weight is 394 g/mol. The Hall–Kier alpha value is -3.82. The van der Waals surface area contributed by atoms with Gasteiger partial charge < -0.3 is 16.0 Å². The van der Waals surface area contributed by atoms with E-state index >= 15 is 0 Å². The Morgan fingerprint density at radius 1 is 1.00 bits per heavy atom. The quantitative estimate of drug-likeness (QED) is 0.483. The zero-order valence-electron chi connectivity index (χ0n) is 16.2. The van der Waals surface area contributed by atoms with Gasteiger partial charge in [-0.05, 0) is 38.1 Å². The number of carbonyl (C=O) groups excluding carboxylic acids is 1.